The van der Waals surface area contributed by atoms with Crippen LogP contribution in [0.2, 0.25) is 0 Å². The largest absolute Gasteiger partial charge is 0.494 e. The predicted molar refractivity (Wildman–Crippen MR) is 124 cm³/mol. The van der Waals surface area contributed by atoms with Crippen LogP contribution >= 0.6 is 11.8 Å². The number of aromatic nitrogens is 3. The Morgan fingerprint density at radius 2 is 1.82 bits per heavy atom. The summed E-state index contributed by atoms with van der Waals surface area (Å²) < 4.78 is 19.3. The zero-order chi connectivity index (χ0) is 23.2. The second-order valence-electron chi connectivity index (χ2n) is 7.50. The van der Waals surface area contributed by atoms with E-state index in [1.165, 1.54) is 18.1 Å². The quantitative estimate of drug-likeness (QED) is 0.453. The summed E-state index contributed by atoms with van der Waals surface area (Å²) in [4.78, 5) is 14.4. The van der Waals surface area contributed by atoms with Gasteiger partial charge in [-0.1, -0.05) is 19.1 Å². The third kappa shape index (κ3) is 4.89. The molecule has 3 heterocycles. The molecule has 33 heavy (non-hydrogen) atoms. The Morgan fingerprint density at radius 3 is 2.42 bits per heavy atom. The Labute approximate surface area is 195 Å². The number of thioether (sulfide) groups is 1. The molecule has 3 aromatic rings. The van der Waals surface area contributed by atoms with Crippen molar-refractivity contribution in [2.75, 3.05) is 24.6 Å². The third-order valence-electron chi connectivity index (χ3n) is 5.11. The Balaban J connectivity index is 1.79. The van der Waals surface area contributed by atoms with Crippen molar-refractivity contribution in [2.45, 2.75) is 30.3 Å². The molecular weight excluding hydrogens is 439 g/mol. The highest BCUT2D eigenvalue weighted by atomic mass is 32.2. The van der Waals surface area contributed by atoms with Gasteiger partial charge in [-0.3, -0.25) is 0 Å². The Morgan fingerprint density at radius 1 is 1.12 bits per heavy atom. The maximum Gasteiger partial charge on any atom is 0.148 e. The Hall–Kier alpha value is -3.69. The number of halogens is 1. The molecule has 0 saturated carbocycles. The van der Waals surface area contributed by atoms with Crippen LogP contribution in [0.25, 0.3) is 11.1 Å². The summed E-state index contributed by atoms with van der Waals surface area (Å²) >= 11 is 1.37. The first-order chi connectivity index (χ1) is 16.1. The zero-order valence-electron chi connectivity index (χ0n) is 18.0. The average Bonchev–Trinajstić information content (AvgIpc) is 2.84. The van der Waals surface area contributed by atoms with Crippen LogP contribution in [0.4, 0.5) is 10.2 Å². The van der Waals surface area contributed by atoms with E-state index in [0.29, 0.717) is 45.6 Å². The Kier molecular flexibility index (Phi) is 7.01. The summed E-state index contributed by atoms with van der Waals surface area (Å²) in [6, 6.07) is 11.8. The molecule has 1 aromatic carbocycles. The highest BCUT2D eigenvalue weighted by molar-refractivity contribution is 7.98. The van der Waals surface area contributed by atoms with Crippen LogP contribution in [0.1, 0.15) is 30.0 Å². The first-order valence-corrected chi connectivity index (χ1v) is 11.5. The first-order valence-electron chi connectivity index (χ1n) is 10.5. The van der Waals surface area contributed by atoms with Crippen LogP contribution in [0, 0.1) is 22.7 Å². The zero-order valence-corrected chi connectivity index (χ0v) is 18.8. The van der Waals surface area contributed by atoms with Crippen molar-refractivity contribution in [3.8, 4) is 29.0 Å². The molecule has 9 heteroatoms. The van der Waals surface area contributed by atoms with Crippen LogP contribution in [0.3, 0.4) is 0 Å². The highest BCUT2D eigenvalue weighted by Crippen LogP contribution is 2.40. The molecule has 1 saturated heterocycles. The minimum Gasteiger partial charge on any atom is -0.494 e. The second kappa shape index (κ2) is 10.3. The lowest BCUT2D eigenvalue weighted by molar-refractivity contribution is 0.273. The number of nitrogens with zero attached hydrogens (tertiary/aromatic N) is 6. The van der Waals surface area contributed by atoms with Crippen LogP contribution in [-0.2, 0) is 5.75 Å². The molecule has 0 radical (unpaired) electrons. The SMILES string of the molecule is CCCOc1ccc(-c2c(C#N)c(SCc3cncnc3)nc(N3CC(F)C3)c2C#N)cc1. The predicted octanol–water partition coefficient (Wildman–Crippen LogP) is 4.52. The van der Waals surface area contributed by atoms with Gasteiger partial charge in [-0.15, -0.1) is 11.8 Å². The summed E-state index contributed by atoms with van der Waals surface area (Å²) in [6.45, 7) is 2.99. The van der Waals surface area contributed by atoms with Crippen molar-refractivity contribution in [1.82, 2.24) is 15.0 Å². The van der Waals surface area contributed by atoms with Crippen molar-refractivity contribution < 1.29 is 9.13 Å². The van der Waals surface area contributed by atoms with E-state index in [9.17, 15) is 14.9 Å². The molecule has 2 aromatic heterocycles. The number of hydrogen-bond acceptors (Lipinski definition) is 8. The number of pyridine rings is 1. The van der Waals surface area contributed by atoms with Crippen LogP contribution < -0.4 is 9.64 Å². The van der Waals surface area contributed by atoms with Crippen molar-refractivity contribution in [1.29, 1.82) is 10.5 Å². The summed E-state index contributed by atoms with van der Waals surface area (Å²) in [6.07, 6.45) is 4.80. The maximum atomic E-state index is 13.6. The number of anilines is 1. The van der Waals surface area contributed by atoms with Gasteiger partial charge in [0.25, 0.3) is 0 Å². The second-order valence-corrected chi connectivity index (χ2v) is 8.46. The van der Waals surface area contributed by atoms with Gasteiger partial charge in [0, 0.05) is 23.7 Å². The molecule has 0 aliphatic carbocycles. The molecule has 0 unspecified atom stereocenters. The lowest BCUT2D eigenvalue weighted by atomic mass is 9.95. The van der Waals surface area contributed by atoms with Gasteiger partial charge in [0.05, 0.1) is 25.3 Å². The lowest BCUT2D eigenvalue weighted by Crippen LogP contribution is -2.49. The van der Waals surface area contributed by atoms with Crippen molar-refractivity contribution >= 4 is 17.6 Å². The van der Waals surface area contributed by atoms with E-state index in [1.54, 1.807) is 17.3 Å². The molecule has 0 N–H and O–H groups in total. The third-order valence-corrected chi connectivity index (χ3v) is 6.16. The Bertz CT molecular complexity index is 1200. The first kappa shape index (κ1) is 22.5. The summed E-state index contributed by atoms with van der Waals surface area (Å²) in [5.41, 5.74) is 2.68. The van der Waals surface area contributed by atoms with Gasteiger partial charge in [-0.05, 0) is 29.7 Å². The number of rotatable bonds is 8. The van der Waals surface area contributed by atoms with E-state index in [1.807, 2.05) is 31.2 Å². The lowest BCUT2D eigenvalue weighted by Gasteiger charge is -2.36. The van der Waals surface area contributed by atoms with Crippen LogP contribution in [-0.4, -0.2) is 40.8 Å². The van der Waals surface area contributed by atoms with Gasteiger partial charge >= 0.3 is 0 Å². The molecule has 166 valence electrons. The number of hydrogen-bond donors (Lipinski definition) is 0. The smallest absolute Gasteiger partial charge is 0.148 e. The number of nitriles is 2. The van der Waals surface area contributed by atoms with Gasteiger partial charge in [0.2, 0.25) is 0 Å². The van der Waals surface area contributed by atoms with Gasteiger partial charge in [-0.2, -0.15) is 10.5 Å². The number of alkyl halides is 1. The van der Waals surface area contributed by atoms with Crippen molar-refractivity contribution in [3.63, 3.8) is 0 Å². The molecule has 1 fully saturated rings. The topological polar surface area (TPSA) is 98.7 Å². The van der Waals surface area contributed by atoms with E-state index in [-0.39, 0.29) is 18.7 Å². The number of ether oxygens (including phenoxy) is 1. The van der Waals surface area contributed by atoms with E-state index in [4.69, 9.17) is 4.74 Å². The minimum absolute atomic E-state index is 0.174. The molecule has 4 rings (SSSR count). The van der Waals surface area contributed by atoms with Gasteiger partial charge in [-0.25, -0.2) is 19.3 Å². The summed E-state index contributed by atoms with van der Waals surface area (Å²) in [5, 5.41) is 20.6. The monoisotopic (exact) mass is 460 g/mol. The molecule has 1 aliphatic heterocycles. The molecule has 0 atom stereocenters. The maximum absolute atomic E-state index is 13.6. The fraction of sp³-hybridized carbons (Fsp3) is 0.292. The number of benzene rings is 1. The fourth-order valence-corrected chi connectivity index (χ4v) is 4.37. The fourth-order valence-electron chi connectivity index (χ4n) is 3.47. The molecule has 0 amide bonds. The van der Waals surface area contributed by atoms with Crippen LogP contribution in [0.15, 0.2) is 48.0 Å². The average molecular weight is 461 g/mol. The van der Waals surface area contributed by atoms with Crippen molar-refractivity contribution in [2.24, 2.45) is 0 Å². The van der Waals surface area contributed by atoms with Gasteiger partial charge < -0.3 is 9.64 Å². The molecular formula is C24H21FN6OS. The standard InChI is InChI=1S/C24H21FN6OS/c1-2-7-32-19-5-3-17(4-6-19)22-20(8-26)23(31-12-18(25)13-31)30-24(21(22)9-27)33-14-16-10-28-15-29-11-16/h3-6,10-11,15,18H,2,7,12-14H2,1H3. The van der Waals surface area contributed by atoms with E-state index >= 15 is 0 Å². The van der Waals surface area contributed by atoms with Crippen LogP contribution in [0.5, 0.6) is 5.75 Å². The molecule has 1 aliphatic rings. The molecule has 7 nitrogen and oxygen atoms in total. The summed E-state index contributed by atoms with van der Waals surface area (Å²) in [7, 11) is 0. The van der Waals surface area contributed by atoms with Gasteiger partial charge in [0.15, 0.2) is 0 Å². The minimum atomic E-state index is -0.954. The van der Waals surface area contributed by atoms with E-state index in [0.717, 1.165) is 12.0 Å². The summed E-state index contributed by atoms with van der Waals surface area (Å²) in [5.74, 6) is 1.62. The van der Waals surface area contributed by atoms with Crippen molar-refractivity contribution in [3.05, 3.63) is 59.7 Å². The highest BCUT2D eigenvalue weighted by Gasteiger charge is 2.32. The van der Waals surface area contributed by atoms with E-state index in [2.05, 4.69) is 27.1 Å². The van der Waals surface area contributed by atoms with Gasteiger partial charge in [0.1, 0.15) is 46.8 Å². The normalized spacial score (nSPS) is 13.2. The molecule has 0 spiro atoms. The van der Waals surface area contributed by atoms with E-state index < -0.39 is 6.17 Å². The molecule has 0 bridgehead atoms.